The van der Waals surface area contributed by atoms with Gasteiger partial charge in [0.1, 0.15) is 0 Å². The van der Waals surface area contributed by atoms with Gasteiger partial charge in [0.2, 0.25) is 5.91 Å². The number of imidazole rings is 1. The number of carbonyl (C=O) groups excluding carboxylic acids is 1. The third-order valence-electron chi connectivity index (χ3n) is 2.58. The molecule has 3 heterocycles. The minimum absolute atomic E-state index is 0.0975. The zero-order valence-corrected chi connectivity index (χ0v) is 9.49. The molecule has 0 aliphatic carbocycles. The Balaban J connectivity index is 2.12. The molecule has 0 unspecified atom stereocenters. The topological polar surface area (TPSA) is 47.8 Å². The zero-order chi connectivity index (χ0) is 11.1. The number of hydrogen-bond acceptors (Lipinski definition) is 4. The SMILES string of the molecule is Cc1ccncc1-c1cn2c(n1)SCC2=O. The summed E-state index contributed by atoms with van der Waals surface area (Å²) < 4.78 is 1.62. The Hall–Kier alpha value is -1.62. The molecule has 0 saturated heterocycles. The predicted molar refractivity (Wildman–Crippen MR) is 61.5 cm³/mol. The number of thioether (sulfide) groups is 1. The van der Waals surface area contributed by atoms with Gasteiger partial charge < -0.3 is 0 Å². The van der Waals surface area contributed by atoms with Crippen molar-refractivity contribution in [3.05, 3.63) is 30.2 Å². The van der Waals surface area contributed by atoms with E-state index in [0.29, 0.717) is 5.75 Å². The van der Waals surface area contributed by atoms with Gasteiger partial charge in [-0.15, -0.1) is 0 Å². The second-order valence-corrected chi connectivity index (χ2v) is 4.59. The maximum absolute atomic E-state index is 11.5. The van der Waals surface area contributed by atoms with E-state index in [4.69, 9.17) is 0 Å². The van der Waals surface area contributed by atoms with E-state index in [1.807, 2.05) is 13.0 Å². The van der Waals surface area contributed by atoms with Crippen molar-refractivity contribution in [2.45, 2.75) is 12.1 Å². The maximum Gasteiger partial charge on any atom is 0.243 e. The van der Waals surface area contributed by atoms with Crippen molar-refractivity contribution in [3.63, 3.8) is 0 Å². The van der Waals surface area contributed by atoms with E-state index in [1.165, 1.54) is 11.8 Å². The molecule has 0 fully saturated rings. The van der Waals surface area contributed by atoms with E-state index in [-0.39, 0.29) is 5.91 Å². The molecule has 1 aliphatic heterocycles. The number of aromatic nitrogens is 3. The van der Waals surface area contributed by atoms with Crippen LogP contribution >= 0.6 is 11.8 Å². The molecule has 0 saturated carbocycles. The molecule has 0 aromatic carbocycles. The molecule has 2 aromatic rings. The predicted octanol–water partition coefficient (Wildman–Crippen LogP) is 2.00. The van der Waals surface area contributed by atoms with Crippen LogP contribution in [0.15, 0.2) is 29.8 Å². The Morgan fingerprint density at radius 3 is 3.12 bits per heavy atom. The van der Waals surface area contributed by atoms with Crippen LogP contribution in [0.5, 0.6) is 0 Å². The van der Waals surface area contributed by atoms with Crippen LogP contribution in [-0.4, -0.2) is 26.2 Å². The zero-order valence-electron chi connectivity index (χ0n) is 8.67. The lowest BCUT2D eigenvalue weighted by atomic mass is 10.1. The molecule has 4 nitrogen and oxygen atoms in total. The molecule has 1 aliphatic rings. The molecule has 0 N–H and O–H groups in total. The van der Waals surface area contributed by atoms with E-state index in [1.54, 1.807) is 23.2 Å². The molecule has 16 heavy (non-hydrogen) atoms. The summed E-state index contributed by atoms with van der Waals surface area (Å²) >= 11 is 1.48. The van der Waals surface area contributed by atoms with Crippen molar-refractivity contribution in [2.75, 3.05) is 5.75 Å². The highest BCUT2D eigenvalue weighted by atomic mass is 32.2. The first-order valence-corrected chi connectivity index (χ1v) is 5.90. The minimum atomic E-state index is 0.0975. The number of fused-ring (bicyclic) bond motifs is 1. The monoisotopic (exact) mass is 231 g/mol. The maximum atomic E-state index is 11.5. The average molecular weight is 231 g/mol. The molecule has 0 radical (unpaired) electrons. The lowest BCUT2D eigenvalue weighted by Gasteiger charge is -1.99. The summed E-state index contributed by atoms with van der Waals surface area (Å²) in [5.41, 5.74) is 2.92. The van der Waals surface area contributed by atoms with Crippen LogP contribution in [0.1, 0.15) is 10.4 Å². The second kappa shape index (κ2) is 3.45. The first-order valence-electron chi connectivity index (χ1n) is 4.92. The molecule has 2 aromatic heterocycles. The van der Waals surface area contributed by atoms with Crippen LogP contribution in [0.2, 0.25) is 0 Å². The summed E-state index contributed by atoms with van der Waals surface area (Å²) in [6.07, 6.45) is 5.33. The van der Waals surface area contributed by atoms with Gasteiger partial charge in [-0.2, -0.15) is 0 Å². The summed E-state index contributed by atoms with van der Waals surface area (Å²) in [4.78, 5) is 20.0. The minimum Gasteiger partial charge on any atom is -0.273 e. The molecular weight excluding hydrogens is 222 g/mol. The molecular formula is C11H9N3OS. The summed E-state index contributed by atoms with van der Waals surface area (Å²) in [5, 5.41) is 0.781. The Kier molecular flexibility index (Phi) is 2.07. The van der Waals surface area contributed by atoms with E-state index in [0.717, 1.165) is 22.0 Å². The highest BCUT2D eigenvalue weighted by Crippen LogP contribution is 2.29. The van der Waals surface area contributed by atoms with Crippen LogP contribution in [0.3, 0.4) is 0 Å². The first kappa shape index (κ1) is 9.59. The summed E-state index contributed by atoms with van der Waals surface area (Å²) in [5.74, 6) is 0.592. The fourth-order valence-electron chi connectivity index (χ4n) is 1.70. The smallest absolute Gasteiger partial charge is 0.243 e. The normalized spacial score (nSPS) is 14.2. The van der Waals surface area contributed by atoms with Crippen LogP contribution < -0.4 is 0 Å². The number of nitrogens with zero attached hydrogens (tertiary/aromatic N) is 3. The first-order chi connectivity index (χ1) is 7.75. The van der Waals surface area contributed by atoms with Gasteiger partial charge in [-0.25, -0.2) is 4.98 Å². The van der Waals surface area contributed by atoms with Gasteiger partial charge in [-0.1, -0.05) is 11.8 Å². The van der Waals surface area contributed by atoms with Crippen LogP contribution in [0, 0.1) is 6.92 Å². The van der Waals surface area contributed by atoms with Crippen LogP contribution in [-0.2, 0) is 0 Å². The molecule has 0 bridgehead atoms. The van der Waals surface area contributed by atoms with E-state index in [2.05, 4.69) is 9.97 Å². The van der Waals surface area contributed by atoms with Crippen LogP contribution in [0.25, 0.3) is 11.3 Å². The number of hydrogen-bond donors (Lipinski definition) is 0. The van der Waals surface area contributed by atoms with Gasteiger partial charge >= 0.3 is 0 Å². The quantitative estimate of drug-likeness (QED) is 0.753. The van der Waals surface area contributed by atoms with E-state index < -0.39 is 0 Å². The Labute approximate surface area is 96.7 Å². The molecule has 80 valence electrons. The van der Waals surface area contributed by atoms with Gasteiger partial charge in [0.15, 0.2) is 5.16 Å². The largest absolute Gasteiger partial charge is 0.273 e. The Bertz CT molecular complexity index is 576. The van der Waals surface area contributed by atoms with Crippen molar-refractivity contribution >= 4 is 17.7 Å². The number of carbonyl (C=O) groups is 1. The summed E-state index contributed by atoms with van der Waals surface area (Å²) in [6, 6.07) is 1.94. The van der Waals surface area contributed by atoms with Gasteiger partial charge in [0.05, 0.1) is 11.4 Å². The van der Waals surface area contributed by atoms with Gasteiger partial charge in [-0.3, -0.25) is 14.3 Å². The van der Waals surface area contributed by atoms with Gasteiger partial charge in [-0.05, 0) is 18.6 Å². The molecule has 0 spiro atoms. The Morgan fingerprint density at radius 1 is 1.50 bits per heavy atom. The third-order valence-corrected chi connectivity index (χ3v) is 3.52. The van der Waals surface area contributed by atoms with Crippen molar-refractivity contribution in [2.24, 2.45) is 0 Å². The fourth-order valence-corrected chi connectivity index (χ4v) is 2.55. The number of pyridine rings is 1. The standard InChI is InChI=1S/C11H9N3OS/c1-7-2-3-12-4-8(7)9-5-14-10(15)6-16-11(14)13-9/h2-5H,6H2,1H3. The molecule has 0 amide bonds. The lowest BCUT2D eigenvalue weighted by Crippen LogP contribution is -2.04. The fraction of sp³-hybridized carbons (Fsp3) is 0.182. The number of rotatable bonds is 1. The van der Waals surface area contributed by atoms with Crippen molar-refractivity contribution in [3.8, 4) is 11.3 Å². The third kappa shape index (κ3) is 1.36. The Morgan fingerprint density at radius 2 is 2.38 bits per heavy atom. The summed E-state index contributed by atoms with van der Waals surface area (Å²) in [7, 11) is 0. The average Bonchev–Trinajstić information content (AvgIpc) is 2.82. The van der Waals surface area contributed by atoms with Gasteiger partial charge in [0.25, 0.3) is 0 Å². The van der Waals surface area contributed by atoms with E-state index >= 15 is 0 Å². The van der Waals surface area contributed by atoms with E-state index in [9.17, 15) is 4.79 Å². The van der Waals surface area contributed by atoms with Crippen molar-refractivity contribution < 1.29 is 4.79 Å². The summed E-state index contributed by atoms with van der Waals surface area (Å²) in [6.45, 7) is 2.01. The van der Waals surface area contributed by atoms with Gasteiger partial charge in [0, 0.05) is 24.2 Å². The molecule has 5 heteroatoms. The highest BCUT2D eigenvalue weighted by molar-refractivity contribution is 8.00. The highest BCUT2D eigenvalue weighted by Gasteiger charge is 2.22. The van der Waals surface area contributed by atoms with Crippen LogP contribution in [0.4, 0.5) is 0 Å². The lowest BCUT2D eigenvalue weighted by molar-refractivity contribution is 0.0939. The molecule has 3 rings (SSSR count). The second-order valence-electron chi connectivity index (χ2n) is 3.65. The van der Waals surface area contributed by atoms with Crippen molar-refractivity contribution in [1.29, 1.82) is 0 Å². The number of aryl methyl sites for hydroxylation is 1. The molecule has 0 atom stereocenters. The van der Waals surface area contributed by atoms with Crippen molar-refractivity contribution in [1.82, 2.24) is 14.5 Å².